The Morgan fingerprint density at radius 2 is 1.89 bits per heavy atom. The fourth-order valence-corrected chi connectivity index (χ4v) is 2.13. The number of ketones is 1. The summed E-state index contributed by atoms with van der Waals surface area (Å²) < 4.78 is 43.0. The van der Waals surface area contributed by atoms with Gasteiger partial charge in [-0.15, -0.1) is 0 Å². The summed E-state index contributed by atoms with van der Waals surface area (Å²) in [5.74, 6) is -0.633. The van der Waals surface area contributed by atoms with Gasteiger partial charge in [-0.05, 0) is 31.0 Å². The molecule has 3 nitrogen and oxygen atoms in total. The Labute approximate surface area is 108 Å². The number of alkyl halides is 3. The van der Waals surface area contributed by atoms with Gasteiger partial charge in [0.05, 0.1) is 5.56 Å². The number of hydrogen-bond acceptors (Lipinski definition) is 3. The molecule has 0 aromatic heterocycles. The van der Waals surface area contributed by atoms with E-state index in [4.69, 9.17) is 10.5 Å². The Hall–Kier alpha value is -1.56. The summed E-state index contributed by atoms with van der Waals surface area (Å²) in [6.07, 6.45) is -3.43. The standard InChI is InChI=1S/C13H14F3NO2/c14-13(15,16)9-1-2-11(17)10(7-9)12(18)8-3-5-19-6-4-8/h1-2,7-8H,3-6,17H2. The number of benzene rings is 1. The molecule has 0 saturated carbocycles. The van der Waals surface area contributed by atoms with Crippen molar-refractivity contribution in [1.82, 2.24) is 0 Å². The van der Waals surface area contributed by atoms with E-state index in [9.17, 15) is 18.0 Å². The number of ether oxygens (including phenoxy) is 1. The number of rotatable bonds is 2. The van der Waals surface area contributed by atoms with E-state index in [0.717, 1.165) is 18.2 Å². The predicted octanol–water partition coefficient (Wildman–Crippen LogP) is 2.90. The van der Waals surface area contributed by atoms with Crippen molar-refractivity contribution < 1.29 is 22.7 Å². The molecule has 19 heavy (non-hydrogen) atoms. The fourth-order valence-electron chi connectivity index (χ4n) is 2.13. The lowest BCUT2D eigenvalue weighted by Gasteiger charge is -2.21. The lowest BCUT2D eigenvalue weighted by Crippen LogP contribution is -2.24. The third-order valence-electron chi connectivity index (χ3n) is 3.24. The lowest BCUT2D eigenvalue weighted by molar-refractivity contribution is -0.137. The number of hydrogen-bond donors (Lipinski definition) is 1. The average Bonchev–Trinajstić information content (AvgIpc) is 2.38. The van der Waals surface area contributed by atoms with Crippen LogP contribution < -0.4 is 5.73 Å². The van der Waals surface area contributed by atoms with Gasteiger partial charge in [-0.3, -0.25) is 4.79 Å². The van der Waals surface area contributed by atoms with Crippen molar-refractivity contribution in [3.63, 3.8) is 0 Å². The summed E-state index contributed by atoms with van der Waals surface area (Å²) >= 11 is 0. The van der Waals surface area contributed by atoms with Crippen molar-refractivity contribution in [3.05, 3.63) is 29.3 Å². The van der Waals surface area contributed by atoms with E-state index in [1.54, 1.807) is 0 Å². The summed E-state index contributed by atoms with van der Waals surface area (Å²) in [4.78, 5) is 12.2. The highest BCUT2D eigenvalue weighted by molar-refractivity contribution is 6.02. The van der Waals surface area contributed by atoms with Gasteiger partial charge in [0.25, 0.3) is 0 Å². The van der Waals surface area contributed by atoms with E-state index in [1.807, 2.05) is 0 Å². The Morgan fingerprint density at radius 3 is 2.47 bits per heavy atom. The topological polar surface area (TPSA) is 52.3 Å². The lowest BCUT2D eigenvalue weighted by atomic mass is 9.89. The molecule has 0 unspecified atom stereocenters. The zero-order chi connectivity index (χ0) is 14.0. The van der Waals surface area contributed by atoms with Crippen LogP contribution in [0.2, 0.25) is 0 Å². The summed E-state index contributed by atoms with van der Waals surface area (Å²) in [7, 11) is 0. The number of anilines is 1. The largest absolute Gasteiger partial charge is 0.416 e. The maximum Gasteiger partial charge on any atom is 0.416 e. The Morgan fingerprint density at radius 1 is 1.26 bits per heavy atom. The quantitative estimate of drug-likeness (QED) is 0.666. The number of nitrogen functional groups attached to an aromatic ring is 1. The van der Waals surface area contributed by atoms with Crippen molar-refractivity contribution in [3.8, 4) is 0 Å². The van der Waals surface area contributed by atoms with Gasteiger partial charge in [-0.1, -0.05) is 0 Å². The first-order valence-electron chi connectivity index (χ1n) is 5.98. The van der Waals surface area contributed by atoms with Crippen molar-refractivity contribution in [2.24, 2.45) is 5.92 Å². The second-order valence-corrected chi connectivity index (χ2v) is 4.55. The zero-order valence-electron chi connectivity index (χ0n) is 10.2. The van der Waals surface area contributed by atoms with E-state index in [2.05, 4.69) is 0 Å². The molecule has 2 N–H and O–H groups in total. The van der Waals surface area contributed by atoms with Crippen LogP contribution in [0.4, 0.5) is 18.9 Å². The maximum atomic E-state index is 12.6. The van der Waals surface area contributed by atoms with Gasteiger partial charge in [0.15, 0.2) is 5.78 Å². The van der Waals surface area contributed by atoms with Crippen molar-refractivity contribution in [1.29, 1.82) is 0 Å². The molecule has 1 aromatic rings. The first-order chi connectivity index (χ1) is 8.89. The molecule has 6 heteroatoms. The van der Waals surface area contributed by atoms with Gasteiger partial charge in [0.2, 0.25) is 0 Å². The van der Waals surface area contributed by atoms with E-state index < -0.39 is 11.7 Å². The van der Waals surface area contributed by atoms with Crippen LogP contribution in [-0.4, -0.2) is 19.0 Å². The van der Waals surface area contributed by atoms with Crippen LogP contribution in [0.25, 0.3) is 0 Å². The van der Waals surface area contributed by atoms with Crippen LogP contribution >= 0.6 is 0 Å². The molecular weight excluding hydrogens is 259 g/mol. The first kappa shape index (κ1) is 13.9. The van der Waals surface area contributed by atoms with Crippen LogP contribution in [0.15, 0.2) is 18.2 Å². The molecule has 1 fully saturated rings. The number of Topliss-reactive ketones (excluding diaryl/α,β-unsaturated/α-hetero) is 1. The fraction of sp³-hybridized carbons (Fsp3) is 0.462. The minimum Gasteiger partial charge on any atom is -0.398 e. The Kier molecular flexibility index (Phi) is 3.80. The third kappa shape index (κ3) is 3.07. The summed E-state index contributed by atoms with van der Waals surface area (Å²) in [5.41, 5.74) is 4.82. The van der Waals surface area contributed by atoms with Crippen LogP contribution in [0.3, 0.4) is 0 Å². The van der Waals surface area contributed by atoms with Crippen molar-refractivity contribution in [2.75, 3.05) is 18.9 Å². The Balaban J connectivity index is 2.30. The second kappa shape index (κ2) is 5.21. The molecule has 104 valence electrons. The molecule has 0 aliphatic carbocycles. The second-order valence-electron chi connectivity index (χ2n) is 4.55. The zero-order valence-corrected chi connectivity index (χ0v) is 10.2. The van der Waals surface area contributed by atoms with Gasteiger partial charge in [0.1, 0.15) is 0 Å². The highest BCUT2D eigenvalue weighted by Crippen LogP contribution is 2.32. The highest BCUT2D eigenvalue weighted by Gasteiger charge is 2.32. The predicted molar refractivity (Wildman–Crippen MR) is 63.7 cm³/mol. The van der Waals surface area contributed by atoms with Gasteiger partial charge in [-0.2, -0.15) is 13.2 Å². The van der Waals surface area contributed by atoms with E-state index in [0.29, 0.717) is 26.1 Å². The van der Waals surface area contributed by atoms with Gasteiger partial charge in [0, 0.05) is 30.4 Å². The normalized spacial score (nSPS) is 17.4. The minimum atomic E-state index is -4.47. The highest BCUT2D eigenvalue weighted by atomic mass is 19.4. The van der Waals surface area contributed by atoms with Crippen molar-refractivity contribution in [2.45, 2.75) is 19.0 Å². The summed E-state index contributed by atoms with van der Waals surface area (Å²) in [6, 6.07) is 2.86. The molecule has 1 aromatic carbocycles. The summed E-state index contributed by atoms with van der Waals surface area (Å²) in [5, 5.41) is 0. The smallest absolute Gasteiger partial charge is 0.398 e. The third-order valence-corrected chi connectivity index (χ3v) is 3.24. The van der Waals surface area contributed by atoms with E-state index in [-0.39, 0.29) is 23.0 Å². The van der Waals surface area contributed by atoms with Crippen molar-refractivity contribution >= 4 is 11.5 Å². The molecule has 0 amide bonds. The SMILES string of the molecule is Nc1ccc(C(F)(F)F)cc1C(=O)C1CCOCC1. The van der Waals surface area contributed by atoms with Gasteiger partial charge in [-0.25, -0.2) is 0 Å². The molecule has 0 radical (unpaired) electrons. The summed E-state index contributed by atoms with van der Waals surface area (Å²) in [6.45, 7) is 0.907. The molecule has 2 rings (SSSR count). The molecule has 1 saturated heterocycles. The number of carbonyl (C=O) groups excluding carboxylic acids is 1. The van der Waals surface area contributed by atoms with Crippen LogP contribution in [-0.2, 0) is 10.9 Å². The molecule has 0 atom stereocenters. The van der Waals surface area contributed by atoms with E-state index >= 15 is 0 Å². The van der Waals surface area contributed by atoms with Crippen LogP contribution in [0.1, 0.15) is 28.8 Å². The molecule has 1 aliphatic rings. The minimum absolute atomic E-state index is 0.0401. The maximum absolute atomic E-state index is 12.6. The average molecular weight is 273 g/mol. The van der Waals surface area contributed by atoms with Gasteiger partial charge >= 0.3 is 6.18 Å². The number of carbonyl (C=O) groups is 1. The monoisotopic (exact) mass is 273 g/mol. The van der Waals surface area contributed by atoms with Crippen LogP contribution in [0.5, 0.6) is 0 Å². The molecule has 0 bridgehead atoms. The van der Waals surface area contributed by atoms with Crippen LogP contribution in [0, 0.1) is 5.92 Å². The molecular formula is C13H14F3NO2. The molecule has 1 aliphatic heterocycles. The molecule has 0 spiro atoms. The first-order valence-corrected chi connectivity index (χ1v) is 5.98. The Bertz CT molecular complexity index is 479. The van der Waals surface area contributed by atoms with E-state index in [1.165, 1.54) is 0 Å². The van der Waals surface area contributed by atoms with Gasteiger partial charge < -0.3 is 10.5 Å². The molecule has 1 heterocycles. The number of nitrogens with two attached hydrogens (primary N) is 1. The number of halogens is 3.